The quantitative estimate of drug-likeness (QED) is 0.246. The summed E-state index contributed by atoms with van der Waals surface area (Å²) in [6.45, 7) is 11.5. The van der Waals surface area contributed by atoms with Crippen molar-refractivity contribution < 1.29 is 9.90 Å². The molecule has 0 bridgehead atoms. The third kappa shape index (κ3) is 23.3. The molecule has 0 unspecified atom stereocenters. The van der Waals surface area contributed by atoms with Crippen molar-refractivity contribution in [3.63, 3.8) is 0 Å². The molecule has 0 rings (SSSR count). The van der Waals surface area contributed by atoms with E-state index in [4.69, 9.17) is 5.11 Å². The number of nitrogens with one attached hydrogen (secondary N) is 1. The number of carbonyl (C=O) groups is 1. The molecular formula is C24H52N2O2. The molecule has 2 amide bonds. The maximum atomic E-state index is 12.1. The minimum Gasteiger partial charge on any atom is -0.396 e. The fourth-order valence-corrected chi connectivity index (χ4v) is 3.11. The monoisotopic (exact) mass is 400 g/mol. The van der Waals surface area contributed by atoms with Gasteiger partial charge < -0.3 is 15.3 Å². The molecule has 0 saturated heterocycles. The molecule has 0 radical (unpaired) electrons. The maximum absolute atomic E-state index is 12.1. The van der Waals surface area contributed by atoms with Crippen LogP contribution in [-0.4, -0.2) is 42.3 Å². The number of aliphatic hydroxyl groups excluding tert-OH is 1. The van der Waals surface area contributed by atoms with Crippen LogP contribution in [0.25, 0.3) is 0 Å². The average molecular weight is 401 g/mol. The molecule has 0 aliphatic carbocycles. The van der Waals surface area contributed by atoms with E-state index in [1.165, 1.54) is 70.6 Å². The van der Waals surface area contributed by atoms with E-state index < -0.39 is 0 Å². The lowest BCUT2D eigenvalue weighted by Gasteiger charge is -2.23. The molecule has 0 aromatic rings. The van der Waals surface area contributed by atoms with Gasteiger partial charge in [0.05, 0.1) is 0 Å². The molecule has 0 heterocycles. The molecule has 0 aliphatic heterocycles. The first-order chi connectivity index (χ1) is 13.7. The molecular weight excluding hydrogens is 348 g/mol. The van der Waals surface area contributed by atoms with Crippen LogP contribution < -0.4 is 5.32 Å². The molecule has 4 heteroatoms. The Balaban J connectivity index is 0. The second kappa shape index (κ2) is 26.2. The van der Waals surface area contributed by atoms with Crippen LogP contribution in [0.15, 0.2) is 0 Å². The number of urea groups is 1. The first-order valence-corrected chi connectivity index (χ1v) is 12.3. The fraction of sp³-hybridized carbons (Fsp3) is 0.958. The molecule has 0 atom stereocenters. The van der Waals surface area contributed by atoms with Crippen molar-refractivity contribution in [3.05, 3.63) is 0 Å². The third-order valence-corrected chi connectivity index (χ3v) is 4.94. The van der Waals surface area contributed by atoms with Crippen molar-refractivity contribution >= 4 is 6.03 Å². The highest BCUT2D eigenvalue weighted by molar-refractivity contribution is 5.74. The second-order valence-corrected chi connectivity index (χ2v) is 7.79. The number of nitrogens with zero attached hydrogens (tertiary/aromatic N) is 1. The number of aliphatic hydroxyl groups is 1. The summed E-state index contributed by atoms with van der Waals surface area (Å²) in [6.07, 6.45) is 18.7. The van der Waals surface area contributed by atoms with Gasteiger partial charge in [-0.3, -0.25) is 0 Å². The highest BCUT2D eigenvalue weighted by Crippen LogP contribution is 2.09. The van der Waals surface area contributed by atoms with E-state index in [0.29, 0.717) is 6.61 Å². The predicted octanol–water partition coefficient (Wildman–Crippen LogP) is 6.91. The Morgan fingerprint density at radius 1 is 0.643 bits per heavy atom. The van der Waals surface area contributed by atoms with Crippen LogP contribution in [0.4, 0.5) is 4.79 Å². The first-order valence-electron chi connectivity index (χ1n) is 12.3. The lowest BCUT2D eigenvalue weighted by Crippen LogP contribution is -2.41. The number of rotatable bonds is 18. The second-order valence-electron chi connectivity index (χ2n) is 7.79. The molecule has 4 nitrogen and oxygen atoms in total. The van der Waals surface area contributed by atoms with Crippen molar-refractivity contribution in [2.24, 2.45) is 0 Å². The number of unbranched alkanes of at least 4 members (excludes halogenated alkanes) is 12. The predicted molar refractivity (Wildman–Crippen MR) is 124 cm³/mol. The van der Waals surface area contributed by atoms with Gasteiger partial charge in [0.2, 0.25) is 0 Å². The fourth-order valence-electron chi connectivity index (χ4n) is 3.11. The Hall–Kier alpha value is -0.770. The standard InChI is InChI=1S/C19H40N2O.C5H12O/c1-4-7-9-11-13-15-17-21(19(22)20-6-3)18-16-14-12-10-8-5-2;1-2-3-4-5-6/h4-18H2,1-3H3,(H,20,22);6H,2-5H2,1H3. The zero-order valence-electron chi connectivity index (χ0n) is 19.7. The molecule has 2 N–H and O–H groups in total. The lowest BCUT2D eigenvalue weighted by atomic mass is 10.1. The summed E-state index contributed by atoms with van der Waals surface area (Å²) in [5, 5.41) is 11.2. The summed E-state index contributed by atoms with van der Waals surface area (Å²) >= 11 is 0. The zero-order valence-corrected chi connectivity index (χ0v) is 19.7. The normalized spacial score (nSPS) is 10.3. The van der Waals surface area contributed by atoms with Crippen LogP contribution in [0.1, 0.15) is 124 Å². The van der Waals surface area contributed by atoms with Crippen LogP contribution >= 0.6 is 0 Å². The van der Waals surface area contributed by atoms with Crippen LogP contribution in [0.3, 0.4) is 0 Å². The average Bonchev–Trinajstić information content (AvgIpc) is 2.70. The summed E-state index contributed by atoms with van der Waals surface area (Å²) in [4.78, 5) is 14.1. The summed E-state index contributed by atoms with van der Waals surface area (Å²) in [6, 6.07) is 0.129. The number of hydrogen-bond donors (Lipinski definition) is 2. The van der Waals surface area contributed by atoms with Gasteiger partial charge in [0.15, 0.2) is 0 Å². The van der Waals surface area contributed by atoms with E-state index in [0.717, 1.165) is 45.3 Å². The van der Waals surface area contributed by atoms with Crippen molar-refractivity contribution in [3.8, 4) is 0 Å². The minimum absolute atomic E-state index is 0.129. The molecule has 0 aliphatic rings. The van der Waals surface area contributed by atoms with E-state index >= 15 is 0 Å². The van der Waals surface area contributed by atoms with Gasteiger partial charge in [-0.15, -0.1) is 0 Å². The highest BCUT2D eigenvalue weighted by atomic mass is 16.2. The molecule has 0 saturated carbocycles. The molecule has 28 heavy (non-hydrogen) atoms. The zero-order chi connectivity index (χ0) is 21.3. The lowest BCUT2D eigenvalue weighted by molar-refractivity contribution is 0.195. The maximum Gasteiger partial charge on any atom is 0.317 e. The summed E-state index contributed by atoms with van der Waals surface area (Å²) in [7, 11) is 0. The number of hydrogen-bond acceptors (Lipinski definition) is 2. The van der Waals surface area contributed by atoms with Crippen LogP contribution in [0.2, 0.25) is 0 Å². The Morgan fingerprint density at radius 3 is 1.39 bits per heavy atom. The summed E-state index contributed by atoms with van der Waals surface area (Å²) < 4.78 is 0. The molecule has 170 valence electrons. The van der Waals surface area contributed by atoms with Crippen molar-refractivity contribution in [2.75, 3.05) is 26.2 Å². The minimum atomic E-state index is 0.129. The highest BCUT2D eigenvalue weighted by Gasteiger charge is 2.11. The Morgan fingerprint density at radius 2 is 1.04 bits per heavy atom. The smallest absolute Gasteiger partial charge is 0.317 e. The van der Waals surface area contributed by atoms with Gasteiger partial charge in [-0.05, 0) is 26.2 Å². The summed E-state index contributed by atoms with van der Waals surface area (Å²) in [5.41, 5.74) is 0. The molecule has 0 aromatic heterocycles. The van der Waals surface area contributed by atoms with Crippen molar-refractivity contribution in [1.82, 2.24) is 10.2 Å². The Labute approximate surface area is 176 Å². The van der Waals surface area contributed by atoms with Crippen molar-refractivity contribution in [2.45, 2.75) is 124 Å². The van der Waals surface area contributed by atoms with Gasteiger partial charge in [-0.25, -0.2) is 4.79 Å². The van der Waals surface area contributed by atoms with E-state index in [1.54, 1.807) is 0 Å². The molecule has 0 fully saturated rings. The van der Waals surface area contributed by atoms with Crippen molar-refractivity contribution in [1.29, 1.82) is 0 Å². The van der Waals surface area contributed by atoms with Gasteiger partial charge in [0.25, 0.3) is 0 Å². The molecule has 0 spiro atoms. The number of amides is 2. The van der Waals surface area contributed by atoms with E-state index in [9.17, 15) is 4.79 Å². The van der Waals surface area contributed by atoms with E-state index in [-0.39, 0.29) is 6.03 Å². The first kappa shape index (κ1) is 29.4. The largest absolute Gasteiger partial charge is 0.396 e. The Kier molecular flexibility index (Phi) is 27.6. The van der Waals surface area contributed by atoms with Gasteiger partial charge >= 0.3 is 6.03 Å². The van der Waals surface area contributed by atoms with E-state index in [2.05, 4.69) is 26.1 Å². The van der Waals surface area contributed by atoms with Gasteiger partial charge in [0.1, 0.15) is 0 Å². The van der Waals surface area contributed by atoms with Gasteiger partial charge in [0, 0.05) is 26.2 Å². The van der Waals surface area contributed by atoms with Gasteiger partial charge in [-0.2, -0.15) is 0 Å². The number of carbonyl (C=O) groups excluding carboxylic acids is 1. The van der Waals surface area contributed by atoms with Crippen LogP contribution in [0.5, 0.6) is 0 Å². The van der Waals surface area contributed by atoms with Crippen LogP contribution in [-0.2, 0) is 0 Å². The topological polar surface area (TPSA) is 52.6 Å². The molecule has 0 aromatic carbocycles. The van der Waals surface area contributed by atoms with Crippen LogP contribution in [0, 0.1) is 0 Å². The Bertz CT molecular complexity index is 278. The van der Waals surface area contributed by atoms with Gasteiger partial charge in [-0.1, -0.05) is 97.8 Å². The third-order valence-electron chi connectivity index (χ3n) is 4.94. The SMILES string of the molecule is CCCCCCCCN(CCCCCCCC)C(=O)NCC.CCCCCO. The van der Waals surface area contributed by atoms with E-state index in [1.807, 2.05) is 11.8 Å². The summed E-state index contributed by atoms with van der Waals surface area (Å²) in [5.74, 6) is 0.